The molecular formula is C16H22FN3O2. The Morgan fingerprint density at radius 1 is 1.32 bits per heavy atom. The van der Waals surface area contributed by atoms with Crippen LogP contribution in [0.1, 0.15) is 12.0 Å². The van der Waals surface area contributed by atoms with Crippen molar-refractivity contribution in [1.29, 1.82) is 0 Å². The van der Waals surface area contributed by atoms with Gasteiger partial charge in [0, 0.05) is 31.7 Å². The minimum absolute atomic E-state index is 0.310. The Bertz CT molecular complexity index is 530. The molecule has 2 heterocycles. The van der Waals surface area contributed by atoms with Gasteiger partial charge in [0.15, 0.2) is 11.6 Å². The topological polar surface area (TPSA) is 46.1 Å². The van der Waals surface area contributed by atoms with E-state index < -0.39 is 0 Å². The average Bonchev–Trinajstić information content (AvgIpc) is 3.08. The molecule has 1 saturated heterocycles. The molecule has 120 valence electrons. The van der Waals surface area contributed by atoms with Gasteiger partial charge in [-0.1, -0.05) is 0 Å². The maximum absolute atomic E-state index is 14.1. The molecule has 2 aliphatic heterocycles. The Morgan fingerprint density at radius 3 is 2.91 bits per heavy atom. The zero-order chi connectivity index (χ0) is 15.2. The van der Waals surface area contributed by atoms with Crippen LogP contribution in [0.15, 0.2) is 23.2 Å². The van der Waals surface area contributed by atoms with Crippen molar-refractivity contribution >= 4 is 5.84 Å². The highest BCUT2D eigenvalue weighted by molar-refractivity contribution is 5.99. The molecule has 0 spiro atoms. The zero-order valence-electron chi connectivity index (χ0n) is 12.7. The van der Waals surface area contributed by atoms with Gasteiger partial charge in [-0.25, -0.2) is 4.39 Å². The molecule has 0 amide bonds. The lowest BCUT2D eigenvalue weighted by molar-refractivity contribution is 0.0357. The zero-order valence-corrected chi connectivity index (χ0v) is 12.7. The number of benzene rings is 1. The Morgan fingerprint density at radius 2 is 2.18 bits per heavy atom. The smallest absolute Gasteiger partial charge is 0.165 e. The summed E-state index contributed by atoms with van der Waals surface area (Å²) >= 11 is 0. The van der Waals surface area contributed by atoms with Crippen LogP contribution in [0, 0.1) is 5.82 Å². The van der Waals surface area contributed by atoms with E-state index in [1.807, 2.05) is 6.07 Å². The predicted octanol–water partition coefficient (Wildman–Crippen LogP) is 1.28. The number of hydrogen-bond donors (Lipinski definition) is 1. The van der Waals surface area contributed by atoms with Crippen molar-refractivity contribution in [3.8, 4) is 5.75 Å². The van der Waals surface area contributed by atoms with Crippen LogP contribution in [0.2, 0.25) is 0 Å². The molecule has 0 unspecified atom stereocenters. The van der Waals surface area contributed by atoms with Gasteiger partial charge in [-0.05, 0) is 24.6 Å². The van der Waals surface area contributed by atoms with E-state index in [0.717, 1.165) is 63.8 Å². The third kappa shape index (κ3) is 3.96. The van der Waals surface area contributed by atoms with E-state index in [0.29, 0.717) is 12.4 Å². The first-order chi connectivity index (χ1) is 10.8. The first-order valence-electron chi connectivity index (χ1n) is 7.84. The molecule has 1 aromatic rings. The fourth-order valence-corrected chi connectivity index (χ4v) is 2.65. The van der Waals surface area contributed by atoms with Gasteiger partial charge in [-0.2, -0.15) is 0 Å². The van der Waals surface area contributed by atoms with Gasteiger partial charge in [0.05, 0.1) is 26.4 Å². The van der Waals surface area contributed by atoms with E-state index in [4.69, 9.17) is 9.47 Å². The average molecular weight is 307 g/mol. The van der Waals surface area contributed by atoms with Gasteiger partial charge in [0.25, 0.3) is 0 Å². The van der Waals surface area contributed by atoms with Crippen molar-refractivity contribution in [2.24, 2.45) is 4.99 Å². The second-order valence-corrected chi connectivity index (χ2v) is 5.46. The van der Waals surface area contributed by atoms with Gasteiger partial charge < -0.3 is 14.8 Å². The Kier molecular flexibility index (Phi) is 5.24. The summed E-state index contributed by atoms with van der Waals surface area (Å²) in [6, 6.07) is 5.01. The van der Waals surface area contributed by atoms with Crippen molar-refractivity contribution in [3.05, 3.63) is 29.6 Å². The number of amidine groups is 1. The number of ether oxygens (including phenoxy) is 2. The summed E-state index contributed by atoms with van der Waals surface area (Å²) in [7, 11) is 0. The fourth-order valence-electron chi connectivity index (χ4n) is 2.65. The van der Waals surface area contributed by atoms with Crippen LogP contribution in [-0.4, -0.2) is 63.3 Å². The van der Waals surface area contributed by atoms with Crippen molar-refractivity contribution in [2.75, 3.05) is 52.5 Å². The van der Waals surface area contributed by atoms with Crippen molar-refractivity contribution in [2.45, 2.75) is 6.42 Å². The molecule has 0 aromatic heterocycles. The highest BCUT2D eigenvalue weighted by Crippen LogP contribution is 2.19. The first kappa shape index (κ1) is 15.2. The lowest BCUT2D eigenvalue weighted by Crippen LogP contribution is -2.37. The summed E-state index contributed by atoms with van der Waals surface area (Å²) in [5.74, 6) is 0.738. The number of aliphatic imine (C=N–C) groups is 1. The second-order valence-electron chi connectivity index (χ2n) is 5.46. The quantitative estimate of drug-likeness (QED) is 0.804. The molecule has 22 heavy (non-hydrogen) atoms. The number of rotatable bonds is 6. The normalized spacial score (nSPS) is 18.9. The Labute approximate surface area is 130 Å². The molecule has 0 bridgehead atoms. The van der Waals surface area contributed by atoms with E-state index in [-0.39, 0.29) is 5.82 Å². The highest BCUT2D eigenvalue weighted by atomic mass is 19.1. The van der Waals surface area contributed by atoms with Gasteiger partial charge in [0.1, 0.15) is 5.84 Å². The summed E-state index contributed by atoms with van der Waals surface area (Å²) in [6.07, 6.45) is 0.884. The third-order valence-corrected chi connectivity index (χ3v) is 3.86. The number of morpholine rings is 1. The predicted molar refractivity (Wildman–Crippen MR) is 83.2 cm³/mol. The third-order valence-electron chi connectivity index (χ3n) is 3.86. The van der Waals surface area contributed by atoms with Gasteiger partial charge in [-0.3, -0.25) is 9.89 Å². The van der Waals surface area contributed by atoms with Crippen molar-refractivity contribution in [3.63, 3.8) is 0 Å². The minimum atomic E-state index is -0.333. The molecule has 1 N–H and O–H groups in total. The number of halogens is 1. The Hall–Kier alpha value is -1.66. The molecule has 2 aliphatic rings. The van der Waals surface area contributed by atoms with Crippen LogP contribution in [0.3, 0.4) is 0 Å². The number of hydrogen-bond acceptors (Lipinski definition) is 5. The van der Waals surface area contributed by atoms with E-state index in [1.54, 1.807) is 6.07 Å². The highest BCUT2D eigenvalue weighted by Gasteiger charge is 2.12. The molecule has 0 aliphatic carbocycles. The number of nitrogens with zero attached hydrogens (tertiary/aromatic N) is 2. The molecule has 1 aromatic carbocycles. The van der Waals surface area contributed by atoms with Crippen LogP contribution in [0.5, 0.6) is 5.75 Å². The molecule has 3 rings (SSSR count). The number of nitrogens with one attached hydrogen (secondary N) is 1. The summed E-state index contributed by atoms with van der Waals surface area (Å²) in [5.41, 5.74) is 0.774. The molecular weight excluding hydrogens is 285 g/mol. The van der Waals surface area contributed by atoms with E-state index in [2.05, 4.69) is 15.2 Å². The maximum atomic E-state index is 14.1. The summed E-state index contributed by atoms with van der Waals surface area (Å²) < 4.78 is 24.9. The molecule has 6 heteroatoms. The van der Waals surface area contributed by atoms with Crippen LogP contribution in [0.25, 0.3) is 0 Å². The van der Waals surface area contributed by atoms with Crippen LogP contribution < -0.4 is 10.1 Å². The van der Waals surface area contributed by atoms with E-state index in [9.17, 15) is 4.39 Å². The maximum Gasteiger partial charge on any atom is 0.165 e. The van der Waals surface area contributed by atoms with E-state index in [1.165, 1.54) is 6.07 Å². The van der Waals surface area contributed by atoms with Crippen LogP contribution in [0.4, 0.5) is 4.39 Å². The fraction of sp³-hybridized carbons (Fsp3) is 0.562. The molecule has 5 nitrogen and oxygen atoms in total. The summed E-state index contributed by atoms with van der Waals surface area (Å²) in [5, 5.41) is 3.14. The lowest BCUT2D eigenvalue weighted by atomic mass is 10.2. The largest absolute Gasteiger partial charge is 0.490 e. The first-order valence-corrected chi connectivity index (χ1v) is 7.84. The summed E-state index contributed by atoms with van der Waals surface area (Å²) in [4.78, 5) is 6.63. The second kappa shape index (κ2) is 7.56. The van der Waals surface area contributed by atoms with Gasteiger partial charge >= 0.3 is 0 Å². The lowest BCUT2D eigenvalue weighted by Gasteiger charge is -2.26. The van der Waals surface area contributed by atoms with Crippen molar-refractivity contribution < 1.29 is 13.9 Å². The molecule has 0 radical (unpaired) electrons. The molecule has 0 saturated carbocycles. The SMILES string of the molecule is Fc1cc(C2=NCCN2)ccc1OCCCN1CCOCC1. The molecule has 0 atom stereocenters. The standard InChI is InChI=1S/C16H22FN3O2/c17-14-12-13(16-18-4-5-19-16)2-3-15(14)22-9-1-6-20-7-10-21-11-8-20/h2-3,12H,1,4-11H2,(H,18,19). The monoisotopic (exact) mass is 307 g/mol. The van der Waals surface area contributed by atoms with Crippen molar-refractivity contribution in [1.82, 2.24) is 10.2 Å². The molecule has 1 fully saturated rings. The van der Waals surface area contributed by atoms with Gasteiger partial charge in [0.2, 0.25) is 0 Å². The van der Waals surface area contributed by atoms with Gasteiger partial charge in [-0.15, -0.1) is 0 Å². The summed E-state index contributed by atoms with van der Waals surface area (Å²) in [6.45, 7) is 6.59. The Balaban J connectivity index is 1.46. The minimum Gasteiger partial charge on any atom is -0.490 e. The van der Waals surface area contributed by atoms with E-state index >= 15 is 0 Å². The van der Waals surface area contributed by atoms with Crippen LogP contribution >= 0.6 is 0 Å². The van der Waals surface area contributed by atoms with Crippen LogP contribution in [-0.2, 0) is 4.74 Å².